The molecule has 3 heterocycles. The Labute approximate surface area is 224 Å². The van der Waals surface area contributed by atoms with E-state index in [1.807, 2.05) is 30.0 Å². The molecule has 2 aliphatic heterocycles. The lowest BCUT2D eigenvalue weighted by Gasteiger charge is -2.38. The number of nitrogens with zero attached hydrogens (tertiary/aromatic N) is 3. The first-order chi connectivity index (χ1) is 18.2. The molecule has 8 nitrogen and oxygen atoms in total. The van der Waals surface area contributed by atoms with E-state index in [-0.39, 0.29) is 11.8 Å². The summed E-state index contributed by atoms with van der Waals surface area (Å²) in [6, 6.07) is 8.10. The largest absolute Gasteiger partial charge is 0.496 e. The SMILES string of the molecule is CCCc1cc(C(=O)N2CCC[C@]2(C)[C@@H](C)O)n2c1-c1cc(C(=O)NC3(C#N)CCC3)c(OC)cc1CC2. The van der Waals surface area contributed by atoms with Crippen molar-refractivity contribution < 1.29 is 19.4 Å². The molecule has 0 unspecified atom stereocenters. The van der Waals surface area contributed by atoms with Gasteiger partial charge in [-0.05, 0) is 88.1 Å². The Morgan fingerprint density at radius 1 is 1.21 bits per heavy atom. The third kappa shape index (κ3) is 4.08. The lowest BCUT2D eigenvalue weighted by molar-refractivity contribution is 0.0145. The quantitative estimate of drug-likeness (QED) is 0.571. The van der Waals surface area contributed by atoms with Crippen molar-refractivity contribution in [3.05, 3.63) is 40.6 Å². The zero-order valence-corrected chi connectivity index (χ0v) is 22.9. The highest BCUT2D eigenvalue weighted by atomic mass is 16.5. The molecular weight excluding hydrogens is 480 g/mol. The molecule has 1 aliphatic carbocycles. The lowest BCUT2D eigenvalue weighted by atomic mass is 9.78. The van der Waals surface area contributed by atoms with Crippen molar-refractivity contribution in [2.24, 2.45) is 0 Å². The van der Waals surface area contributed by atoms with Crippen LogP contribution in [0.25, 0.3) is 11.3 Å². The van der Waals surface area contributed by atoms with Crippen LogP contribution in [0.5, 0.6) is 5.75 Å². The van der Waals surface area contributed by atoms with Gasteiger partial charge < -0.3 is 24.6 Å². The van der Waals surface area contributed by atoms with E-state index < -0.39 is 17.2 Å². The van der Waals surface area contributed by atoms with Crippen molar-refractivity contribution >= 4 is 11.8 Å². The second-order valence-electron chi connectivity index (χ2n) is 11.4. The van der Waals surface area contributed by atoms with Gasteiger partial charge in [0.2, 0.25) is 0 Å². The van der Waals surface area contributed by atoms with Crippen LogP contribution >= 0.6 is 0 Å². The van der Waals surface area contributed by atoms with E-state index >= 15 is 0 Å². The van der Waals surface area contributed by atoms with E-state index in [1.165, 1.54) is 0 Å². The lowest BCUT2D eigenvalue weighted by Crippen LogP contribution is -2.52. The van der Waals surface area contributed by atoms with Crippen molar-refractivity contribution in [3.63, 3.8) is 0 Å². The Morgan fingerprint density at radius 2 is 1.97 bits per heavy atom. The molecule has 8 heteroatoms. The van der Waals surface area contributed by atoms with Crippen molar-refractivity contribution in [1.29, 1.82) is 5.26 Å². The fraction of sp³-hybridized carbons (Fsp3) is 0.567. The zero-order chi connectivity index (χ0) is 27.2. The molecule has 2 fully saturated rings. The zero-order valence-electron chi connectivity index (χ0n) is 22.9. The second kappa shape index (κ2) is 9.77. The summed E-state index contributed by atoms with van der Waals surface area (Å²) in [4.78, 5) is 29.2. The molecule has 2 N–H and O–H groups in total. The third-order valence-corrected chi connectivity index (χ3v) is 9.04. The van der Waals surface area contributed by atoms with Crippen LogP contribution in [0, 0.1) is 11.3 Å². The highest BCUT2D eigenvalue weighted by Crippen LogP contribution is 2.41. The van der Waals surface area contributed by atoms with Gasteiger partial charge in [0.05, 0.1) is 36.1 Å². The first kappa shape index (κ1) is 26.3. The Kier molecular flexibility index (Phi) is 6.77. The summed E-state index contributed by atoms with van der Waals surface area (Å²) < 4.78 is 7.72. The number of aromatic nitrogens is 1. The van der Waals surface area contributed by atoms with Crippen LogP contribution in [0.3, 0.4) is 0 Å². The summed E-state index contributed by atoms with van der Waals surface area (Å²) in [5.41, 5.74) is 3.72. The molecule has 38 heavy (non-hydrogen) atoms. The van der Waals surface area contributed by atoms with Gasteiger partial charge >= 0.3 is 0 Å². The number of aliphatic hydroxyl groups is 1. The van der Waals surface area contributed by atoms with Crippen LogP contribution in [-0.2, 0) is 19.4 Å². The van der Waals surface area contributed by atoms with Gasteiger partial charge in [-0.25, -0.2) is 0 Å². The molecule has 1 saturated carbocycles. The van der Waals surface area contributed by atoms with Gasteiger partial charge in [-0.3, -0.25) is 9.59 Å². The fourth-order valence-electron chi connectivity index (χ4n) is 6.39. The van der Waals surface area contributed by atoms with Crippen molar-refractivity contribution in [2.75, 3.05) is 13.7 Å². The molecule has 1 aromatic carbocycles. The number of benzene rings is 1. The first-order valence-corrected chi connectivity index (χ1v) is 13.9. The van der Waals surface area contributed by atoms with E-state index in [1.54, 1.807) is 14.0 Å². The molecule has 5 rings (SSSR count). The number of methoxy groups -OCH3 is 1. The smallest absolute Gasteiger partial charge is 0.271 e. The molecule has 0 radical (unpaired) electrons. The van der Waals surface area contributed by atoms with Gasteiger partial charge in [0.25, 0.3) is 11.8 Å². The van der Waals surface area contributed by atoms with Gasteiger partial charge in [-0.15, -0.1) is 0 Å². The van der Waals surface area contributed by atoms with E-state index in [2.05, 4.69) is 22.9 Å². The summed E-state index contributed by atoms with van der Waals surface area (Å²) in [5.74, 6) is 0.129. The van der Waals surface area contributed by atoms with Crippen molar-refractivity contribution in [2.45, 2.75) is 95.9 Å². The maximum atomic E-state index is 14.0. The summed E-state index contributed by atoms with van der Waals surface area (Å²) in [6.07, 6.45) is 5.68. The predicted octanol–water partition coefficient (Wildman–Crippen LogP) is 4.22. The van der Waals surface area contributed by atoms with E-state index in [9.17, 15) is 20.0 Å². The van der Waals surface area contributed by atoms with Crippen LogP contribution < -0.4 is 10.1 Å². The molecule has 202 valence electrons. The Hall–Kier alpha value is -3.31. The minimum absolute atomic E-state index is 0.0506. The Balaban J connectivity index is 1.59. The van der Waals surface area contributed by atoms with Gasteiger partial charge in [0, 0.05) is 18.7 Å². The summed E-state index contributed by atoms with van der Waals surface area (Å²) in [5, 5.41) is 23.1. The number of carbonyl (C=O) groups excluding carboxylic acids is 2. The normalized spacial score (nSPS) is 22.1. The van der Waals surface area contributed by atoms with Gasteiger partial charge in [-0.2, -0.15) is 5.26 Å². The number of amides is 2. The molecule has 1 aromatic heterocycles. The molecule has 2 atom stereocenters. The highest BCUT2D eigenvalue weighted by molar-refractivity contribution is 6.00. The molecular formula is C30H38N4O4. The minimum atomic E-state index is -0.808. The van der Waals surface area contributed by atoms with Crippen LogP contribution in [0.4, 0.5) is 0 Å². The summed E-state index contributed by atoms with van der Waals surface area (Å²) in [7, 11) is 1.56. The maximum Gasteiger partial charge on any atom is 0.271 e. The molecule has 0 spiro atoms. The maximum absolute atomic E-state index is 14.0. The number of fused-ring (bicyclic) bond motifs is 3. The number of hydrogen-bond acceptors (Lipinski definition) is 5. The fourth-order valence-corrected chi connectivity index (χ4v) is 6.39. The number of aryl methyl sites for hydroxylation is 2. The van der Waals surface area contributed by atoms with Crippen LogP contribution in [0.15, 0.2) is 18.2 Å². The Morgan fingerprint density at radius 3 is 2.58 bits per heavy atom. The van der Waals surface area contributed by atoms with Crippen LogP contribution in [0.2, 0.25) is 0 Å². The van der Waals surface area contributed by atoms with Crippen LogP contribution in [0.1, 0.15) is 91.3 Å². The Bertz CT molecular complexity index is 1320. The van der Waals surface area contributed by atoms with Gasteiger partial charge in [-0.1, -0.05) is 13.3 Å². The summed E-state index contributed by atoms with van der Waals surface area (Å²) >= 11 is 0. The molecule has 0 bridgehead atoms. The van der Waals surface area contributed by atoms with E-state index in [0.29, 0.717) is 49.4 Å². The van der Waals surface area contributed by atoms with Gasteiger partial charge in [0.1, 0.15) is 17.0 Å². The summed E-state index contributed by atoms with van der Waals surface area (Å²) in [6.45, 7) is 7.13. The monoisotopic (exact) mass is 518 g/mol. The standard InChI is InChI=1S/C30H38N4O4/c1-5-8-21-15-24(28(37)34-13-7-10-29(34,3)19(2)35)33-14-9-20-16-25(38-4)23(17-22(20)26(21)33)27(36)32-30(18-31)11-6-12-30/h15-17,19,35H,5-14H2,1-4H3,(H,32,36)/t19-,29-/m1/s1. The van der Waals surface area contributed by atoms with Gasteiger partial charge in [0.15, 0.2) is 0 Å². The predicted molar refractivity (Wildman–Crippen MR) is 144 cm³/mol. The minimum Gasteiger partial charge on any atom is -0.496 e. The third-order valence-electron chi connectivity index (χ3n) is 9.04. The average Bonchev–Trinajstić information content (AvgIpc) is 3.47. The highest BCUT2D eigenvalue weighted by Gasteiger charge is 2.45. The number of nitriles is 1. The number of aliphatic hydroxyl groups excluding tert-OH is 1. The number of likely N-dealkylation sites (tertiary alicyclic amines) is 1. The average molecular weight is 519 g/mol. The molecule has 2 aromatic rings. The van der Waals surface area contributed by atoms with E-state index in [0.717, 1.165) is 54.5 Å². The number of nitrogens with one attached hydrogen (secondary N) is 1. The van der Waals surface area contributed by atoms with Crippen molar-refractivity contribution in [1.82, 2.24) is 14.8 Å². The van der Waals surface area contributed by atoms with Crippen molar-refractivity contribution in [3.8, 4) is 23.1 Å². The molecule has 1 saturated heterocycles. The van der Waals surface area contributed by atoms with E-state index in [4.69, 9.17) is 4.74 Å². The number of carbonyl (C=O) groups is 2. The van der Waals surface area contributed by atoms with Crippen LogP contribution in [-0.4, -0.2) is 57.2 Å². The molecule has 3 aliphatic rings. The number of rotatable bonds is 7. The second-order valence-corrected chi connectivity index (χ2v) is 11.4. The molecule has 2 amide bonds. The number of hydrogen-bond donors (Lipinski definition) is 2. The topological polar surface area (TPSA) is 108 Å². The number of ether oxygens (including phenoxy) is 1. The first-order valence-electron chi connectivity index (χ1n) is 13.9.